The standard InChI is InChI=1S/C18H19N5O2/c1-13-11-22-17(14-5-7-19-8-6-14)23(13)10-9-20-18(24)15-3-4-16(25-2)21-12-15/h3-8,11-12H,9-10H2,1-2H3,(H,20,24). The Kier molecular flexibility index (Phi) is 5.03. The van der Waals surface area contributed by atoms with Gasteiger partial charge in [0.05, 0.1) is 12.7 Å². The summed E-state index contributed by atoms with van der Waals surface area (Å²) in [6.07, 6.45) is 6.80. The van der Waals surface area contributed by atoms with Crippen molar-refractivity contribution in [3.8, 4) is 17.3 Å². The predicted molar refractivity (Wildman–Crippen MR) is 93.3 cm³/mol. The zero-order chi connectivity index (χ0) is 17.6. The minimum atomic E-state index is -0.168. The van der Waals surface area contributed by atoms with Crippen molar-refractivity contribution in [3.63, 3.8) is 0 Å². The van der Waals surface area contributed by atoms with Gasteiger partial charge in [-0.25, -0.2) is 9.97 Å². The van der Waals surface area contributed by atoms with Crippen LogP contribution in [0.25, 0.3) is 11.4 Å². The van der Waals surface area contributed by atoms with E-state index in [9.17, 15) is 4.79 Å². The van der Waals surface area contributed by atoms with E-state index in [4.69, 9.17) is 4.74 Å². The van der Waals surface area contributed by atoms with Gasteiger partial charge in [0.15, 0.2) is 0 Å². The molecule has 3 heterocycles. The quantitative estimate of drug-likeness (QED) is 0.745. The Morgan fingerprint density at radius 2 is 1.96 bits per heavy atom. The summed E-state index contributed by atoms with van der Waals surface area (Å²) in [6, 6.07) is 7.18. The molecule has 1 N–H and O–H groups in total. The van der Waals surface area contributed by atoms with Crippen molar-refractivity contribution in [2.75, 3.05) is 13.7 Å². The van der Waals surface area contributed by atoms with E-state index in [1.165, 1.54) is 13.3 Å². The molecule has 7 nitrogen and oxygen atoms in total. The third kappa shape index (κ3) is 3.82. The van der Waals surface area contributed by atoms with Gasteiger partial charge in [0.1, 0.15) is 5.82 Å². The molecule has 0 spiro atoms. The topological polar surface area (TPSA) is 81.9 Å². The molecule has 25 heavy (non-hydrogen) atoms. The molecule has 7 heteroatoms. The van der Waals surface area contributed by atoms with Crippen LogP contribution in [-0.2, 0) is 6.54 Å². The average Bonchev–Trinajstić information content (AvgIpc) is 3.03. The summed E-state index contributed by atoms with van der Waals surface area (Å²) in [5.41, 5.74) is 2.53. The van der Waals surface area contributed by atoms with Gasteiger partial charge in [0.25, 0.3) is 5.91 Å². The summed E-state index contributed by atoms with van der Waals surface area (Å²) in [4.78, 5) is 24.7. The van der Waals surface area contributed by atoms with Gasteiger partial charge in [0, 0.05) is 55.2 Å². The third-order valence-electron chi connectivity index (χ3n) is 3.82. The predicted octanol–water partition coefficient (Wildman–Crippen LogP) is 2.09. The molecule has 0 fully saturated rings. The lowest BCUT2D eigenvalue weighted by Crippen LogP contribution is -2.27. The van der Waals surface area contributed by atoms with Crippen molar-refractivity contribution < 1.29 is 9.53 Å². The summed E-state index contributed by atoms with van der Waals surface area (Å²) < 4.78 is 7.06. The molecule has 0 aliphatic rings. The molecule has 0 aliphatic carbocycles. The van der Waals surface area contributed by atoms with Gasteiger partial charge in [-0.3, -0.25) is 9.78 Å². The van der Waals surface area contributed by atoms with Crippen LogP contribution < -0.4 is 10.1 Å². The van der Waals surface area contributed by atoms with Crippen molar-refractivity contribution in [3.05, 3.63) is 60.3 Å². The number of nitrogens with zero attached hydrogens (tertiary/aromatic N) is 4. The number of pyridine rings is 2. The number of carbonyl (C=O) groups excluding carboxylic acids is 1. The van der Waals surface area contributed by atoms with Crippen LogP contribution >= 0.6 is 0 Å². The summed E-state index contributed by atoms with van der Waals surface area (Å²) in [7, 11) is 1.54. The van der Waals surface area contributed by atoms with E-state index < -0.39 is 0 Å². The second kappa shape index (κ2) is 7.57. The Labute approximate surface area is 145 Å². The van der Waals surface area contributed by atoms with E-state index >= 15 is 0 Å². The zero-order valence-corrected chi connectivity index (χ0v) is 14.1. The van der Waals surface area contributed by atoms with E-state index in [2.05, 4.69) is 24.8 Å². The van der Waals surface area contributed by atoms with Gasteiger partial charge in [0.2, 0.25) is 5.88 Å². The molecule has 0 aliphatic heterocycles. The molecule has 128 valence electrons. The number of methoxy groups -OCH3 is 1. The number of hydrogen-bond acceptors (Lipinski definition) is 5. The smallest absolute Gasteiger partial charge is 0.252 e. The highest BCUT2D eigenvalue weighted by molar-refractivity contribution is 5.93. The number of imidazole rings is 1. The van der Waals surface area contributed by atoms with Crippen molar-refractivity contribution >= 4 is 5.91 Å². The van der Waals surface area contributed by atoms with E-state index in [1.54, 1.807) is 24.5 Å². The molecule has 0 unspecified atom stereocenters. The average molecular weight is 337 g/mol. The van der Waals surface area contributed by atoms with Crippen molar-refractivity contribution in [2.45, 2.75) is 13.5 Å². The molecule has 3 aromatic rings. The summed E-state index contributed by atoms with van der Waals surface area (Å²) in [5.74, 6) is 1.17. The minimum Gasteiger partial charge on any atom is -0.481 e. The second-order valence-corrected chi connectivity index (χ2v) is 5.46. The molecule has 0 atom stereocenters. The summed E-state index contributed by atoms with van der Waals surface area (Å²) >= 11 is 0. The van der Waals surface area contributed by atoms with Crippen LogP contribution in [-0.4, -0.2) is 39.1 Å². The van der Waals surface area contributed by atoms with E-state index in [0.29, 0.717) is 24.5 Å². The van der Waals surface area contributed by atoms with E-state index in [-0.39, 0.29) is 5.91 Å². The fourth-order valence-corrected chi connectivity index (χ4v) is 2.49. The van der Waals surface area contributed by atoms with Gasteiger partial charge < -0.3 is 14.6 Å². The van der Waals surface area contributed by atoms with Crippen molar-refractivity contribution in [1.29, 1.82) is 0 Å². The van der Waals surface area contributed by atoms with Crippen molar-refractivity contribution in [2.24, 2.45) is 0 Å². The SMILES string of the molecule is COc1ccc(C(=O)NCCn2c(C)cnc2-c2ccncc2)cn1. The van der Waals surface area contributed by atoms with Gasteiger partial charge >= 0.3 is 0 Å². The molecule has 0 saturated carbocycles. The molecular formula is C18H19N5O2. The van der Waals surface area contributed by atoms with E-state index in [0.717, 1.165) is 17.1 Å². The first-order valence-corrected chi connectivity index (χ1v) is 7.90. The van der Waals surface area contributed by atoms with Crippen LogP contribution in [0.2, 0.25) is 0 Å². The van der Waals surface area contributed by atoms with Gasteiger partial charge in [-0.05, 0) is 25.1 Å². The first-order valence-electron chi connectivity index (χ1n) is 7.90. The van der Waals surface area contributed by atoms with Crippen LogP contribution in [0.5, 0.6) is 5.88 Å². The summed E-state index contributed by atoms with van der Waals surface area (Å²) in [5, 5.41) is 2.90. The minimum absolute atomic E-state index is 0.168. The van der Waals surface area contributed by atoms with E-state index in [1.807, 2.05) is 25.3 Å². The molecule has 0 bridgehead atoms. The van der Waals surface area contributed by atoms with Gasteiger partial charge in [-0.15, -0.1) is 0 Å². The Balaban J connectivity index is 1.64. The number of rotatable bonds is 6. The number of aromatic nitrogens is 4. The van der Waals surface area contributed by atoms with Gasteiger partial charge in [-0.2, -0.15) is 0 Å². The number of ether oxygens (including phenoxy) is 1. The molecule has 3 rings (SSSR count). The maximum absolute atomic E-state index is 12.2. The monoisotopic (exact) mass is 337 g/mol. The number of amides is 1. The molecular weight excluding hydrogens is 318 g/mol. The highest BCUT2D eigenvalue weighted by Crippen LogP contribution is 2.18. The number of hydrogen-bond donors (Lipinski definition) is 1. The Bertz CT molecular complexity index is 844. The Hall–Kier alpha value is -3.22. The normalized spacial score (nSPS) is 10.5. The zero-order valence-electron chi connectivity index (χ0n) is 14.1. The Morgan fingerprint density at radius 1 is 1.16 bits per heavy atom. The van der Waals surface area contributed by atoms with Crippen molar-refractivity contribution in [1.82, 2.24) is 24.8 Å². The fourth-order valence-electron chi connectivity index (χ4n) is 2.49. The lowest BCUT2D eigenvalue weighted by Gasteiger charge is -2.11. The van der Waals surface area contributed by atoms with Crippen LogP contribution in [0.15, 0.2) is 49.1 Å². The molecule has 0 radical (unpaired) electrons. The Morgan fingerprint density at radius 3 is 2.64 bits per heavy atom. The van der Waals surface area contributed by atoms with Crippen LogP contribution in [0.3, 0.4) is 0 Å². The van der Waals surface area contributed by atoms with Gasteiger partial charge in [-0.1, -0.05) is 0 Å². The number of carbonyl (C=O) groups is 1. The fraction of sp³-hybridized carbons (Fsp3) is 0.222. The molecule has 3 aromatic heterocycles. The van der Waals surface area contributed by atoms with Crippen LogP contribution in [0, 0.1) is 6.92 Å². The summed E-state index contributed by atoms with van der Waals surface area (Å²) in [6.45, 7) is 3.10. The third-order valence-corrected chi connectivity index (χ3v) is 3.82. The lowest BCUT2D eigenvalue weighted by atomic mass is 10.2. The van der Waals surface area contributed by atoms with Crippen LogP contribution in [0.4, 0.5) is 0 Å². The molecule has 0 aromatic carbocycles. The highest BCUT2D eigenvalue weighted by atomic mass is 16.5. The first-order chi connectivity index (χ1) is 12.2. The maximum Gasteiger partial charge on any atom is 0.252 e. The number of aryl methyl sites for hydroxylation is 1. The number of nitrogens with one attached hydrogen (secondary N) is 1. The first kappa shape index (κ1) is 16.6. The molecule has 0 saturated heterocycles. The highest BCUT2D eigenvalue weighted by Gasteiger charge is 2.10. The molecule has 1 amide bonds. The second-order valence-electron chi connectivity index (χ2n) is 5.46. The maximum atomic E-state index is 12.2. The van der Waals surface area contributed by atoms with Crippen LogP contribution in [0.1, 0.15) is 16.1 Å². The largest absolute Gasteiger partial charge is 0.481 e. The lowest BCUT2D eigenvalue weighted by molar-refractivity contribution is 0.0952.